The second-order valence-corrected chi connectivity index (χ2v) is 9.77. The fraction of sp³-hybridized carbons (Fsp3) is 0.320. The van der Waals surface area contributed by atoms with Crippen molar-refractivity contribution in [2.24, 2.45) is 0 Å². The number of carbonyl (C=O) groups excluding carboxylic acids is 2. The normalized spacial score (nSPS) is 11.5. The van der Waals surface area contributed by atoms with Gasteiger partial charge in [0.05, 0.1) is 16.7 Å². The number of fused-ring (bicyclic) bond motifs is 1. The Morgan fingerprint density at radius 1 is 1.12 bits per heavy atom. The molecule has 3 heterocycles. The summed E-state index contributed by atoms with van der Waals surface area (Å²) in [5.41, 5.74) is 3.15. The fourth-order valence-electron chi connectivity index (χ4n) is 3.58. The van der Waals surface area contributed by atoms with Crippen LogP contribution in [0.15, 0.2) is 48.0 Å². The highest BCUT2D eigenvalue weighted by molar-refractivity contribution is 7.14. The van der Waals surface area contributed by atoms with E-state index in [1.807, 2.05) is 57.3 Å². The fourth-order valence-corrected chi connectivity index (χ4v) is 4.28. The van der Waals surface area contributed by atoms with Crippen LogP contribution in [-0.2, 0) is 16.1 Å². The van der Waals surface area contributed by atoms with Gasteiger partial charge in [-0.1, -0.05) is 6.07 Å². The first-order valence-corrected chi connectivity index (χ1v) is 11.9. The number of ether oxygens (including phenoxy) is 1. The molecule has 176 valence electrons. The van der Waals surface area contributed by atoms with Crippen LogP contribution >= 0.6 is 11.3 Å². The predicted molar refractivity (Wildman–Crippen MR) is 133 cm³/mol. The number of esters is 1. The molecule has 0 unspecified atom stereocenters. The number of thiazole rings is 1. The number of nitrogens with zero attached hydrogens (tertiary/aromatic N) is 4. The first-order valence-electron chi connectivity index (χ1n) is 11.1. The van der Waals surface area contributed by atoms with Crippen LogP contribution in [0.5, 0.6) is 0 Å². The molecule has 1 aromatic carbocycles. The highest BCUT2D eigenvalue weighted by Crippen LogP contribution is 2.24. The summed E-state index contributed by atoms with van der Waals surface area (Å²) >= 11 is 1.35. The summed E-state index contributed by atoms with van der Waals surface area (Å²) in [6.07, 6.45) is 2.69. The molecular formula is C25H27N5O3S. The van der Waals surface area contributed by atoms with E-state index in [0.29, 0.717) is 30.1 Å². The molecule has 0 aliphatic heterocycles. The summed E-state index contributed by atoms with van der Waals surface area (Å²) < 4.78 is 7.43. The van der Waals surface area contributed by atoms with Gasteiger partial charge in [-0.15, -0.1) is 11.3 Å². The maximum Gasteiger partial charge on any atom is 0.306 e. The quantitative estimate of drug-likeness (QED) is 0.366. The minimum atomic E-state index is -0.482. The number of hydrogen-bond acceptors (Lipinski definition) is 7. The van der Waals surface area contributed by atoms with Gasteiger partial charge in [0.2, 0.25) is 0 Å². The molecule has 1 amide bonds. The van der Waals surface area contributed by atoms with Gasteiger partial charge in [-0.25, -0.2) is 9.97 Å². The summed E-state index contributed by atoms with van der Waals surface area (Å²) in [6.45, 7) is 8.14. The Labute approximate surface area is 202 Å². The zero-order valence-electron chi connectivity index (χ0n) is 19.7. The van der Waals surface area contributed by atoms with Crippen molar-refractivity contribution in [2.45, 2.75) is 52.7 Å². The van der Waals surface area contributed by atoms with E-state index < -0.39 is 5.60 Å². The van der Waals surface area contributed by atoms with Gasteiger partial charge in [0.1, 0.15) is 17.1 Å². The van der Waals surface area contributed by atoms with Gasteiger partial charge in [0, 0.05) is 30.1 Å². The van der Waals surface area contributed by atoms with Crippen molar-refractivity contribution in [1.82, 2.24) is 19.5 Å². The van der Waals surface area contributed by atoms with Crippen LogP contribution in [0.2, 0.25) is 0 Å². The van der Waals surface area contributed by atoms with Crippen molar-refractivity contribution in [2.75, 3.05) is 5.32 Å². The van der Waals surface area contributed by atoms with Crippen molar-refractivity contribution >= 4 is 39.4 Å². The molecule has 0 fully saturated rings. The Balaban J connectivity index is 1.42. The zero-order valence-corrected chi connectivity index (χ0v) is 20.5. The molecule has 3 aromatic heterocycles. The number of imidazole rings is 1. The van der Waals surface area contributed by atoms with E-state index in [4.69, 9.17) is 4.74 Å². The predicted octanol–water partition coefficient (Wildman–Crippen LogP) is 5.24. The molecule has 0 spiro atoms. The largest absolute Gasteiger partial charge is 0.460 e. The van der Waals surface area contributed by atoms with Crippen molar-refractivity contribution in [1.29, 1.82) is 0 Å². The highest BCUT2D eigenvalue weighted by atomic mass is 32.1. The lowest BCUT2D eigenvalue weighted by Gasteiger charge is -2.19. The monoisotopic (exact) mass is 477 g/mol. The standard InChI is InChI=1S/C25H27N5O3S/c1-16-27-19-14-17(10-11-21(19)30(16)13-7-9-22(31)33-25(2,3)4)23(32)29-24-28-20(15-34-24)18-8-5-6-12-26-18/h5-6,8,10-12,14-15H,7,9,13H2,1-4H3,(H,28,29,32). The molecule has 0 radical (unpaired) electrons. The number of anilines is 1. The smallest absolute Gasteiger partial charge is 0.306 e. The van der Waals surface area contributed by atoms with Crippen LogP contribution in [0.1, 0.15) is 49.8 Å². The zero-order chi connectivity index (χ0) is 24.3. The van der Waals surface area contributed by atoms with Gasteiger partial charge in [0.15, 0.2) is 5.13 Å². The number of pyridine rings is 1. The van der Waals surface area contributed by atoms with Crippen LogP contribution in [0.4, 0.5) is 5.13 Å². The minimum absolute atomic E-state index is 0.207. The lowest BCUT2D eigenvalue weighted by molar-refractivity contribution is -0.154. The average Bonchev–Trinajstić information content (AvgIpc) is 3.37. The molecule has 0 aliphatic rings. The number of aryl methyl sites for hydroxylation is 2. The molecule has 0 saturated heterocycles. The molecule has 4 aromatic rings. The molecule has 0 saturated carbocycles. The molecular weight excluding hydrogens is 450 g/mol. The van der Waals surface area contributed by atoms with Gasteiger partial charge >= 0.3 is 5.97 Å². The Hall–Kier alpha value is -3.59. The Morgan fingerprint density at radius 2 is 1.94 bits per heavy atom. The van der Waals surface area contributed by atoms with Gasteiger partial charge in [-0.3, -0.25) is 19.9 Å². The van der Waals surface area contributed by atoms with Crippen molar-refractivity contribution < 1.29 is 14.3 Å². The van der Waals surface area contributed by atoms with Gasteiger partial charge < -0.3 is 9.30 Å². The highest BCUT2D eigenvalue weighted by Gasteiger charge is 2.17. The number of aromatic nitrogens is 4. The first-order chi connectivity index (χ1) is 16.2. The summed E-state index contributed by atoms with van der Waals surface area (Å²) in [4.78, 5) is 38.2. The number of carbonyl (C=O) groups is 2. The lowest BCUT2D eigenvalue weighted by Crippen LogP contribution is -2.23. The van der Waals surface area contributed by atoms with Crippen molar-refractivity contribution in [3.8, 4) is 11.4 Å². The van der Waals surface area contributed by atoms with E-state index in [1.54, 1.807) is 18.3 Å². The molecule has 0 bridgehead atoms. The second-order valence-electron chi connectivity index (χ2n) is 8.91. The van der Waals surface area contributed by atoms with Crippen LogP contribution in [0, 0.1) is 6.92 Å². The van der Waals surface area contributed by atoms with E-state index >= 15 is 0 Å². The molecule has 1 N–H and O–H groups in total. The Bertz CT molecular complexity index is 1320. The van der Waals surface area contributed by atoms with E-state index in [1.165, 1.54) is 11.3 Å². The Kier molecular flexibility index (Phi) is 6.74. The number of nitrogens with one attached hydrogen (secondary N) is 1. The maximum atomic E-state index is 12.8. The summed E-state index contributed by atoms with van der Waals surface area (Å²) in [5, 5.41) is 5.23. The van der Waals surface area contributed by atoms with E-state index in [2.05, 4.69) is 24.8 Å². The SMILES string of the molecule is Cc1nc2cc(C(=O)Nc3nc(-c4ccccn4)cs3)ccc2n1CCCC(=O)OC(C)(C)C. The number of rotatable bonds is 7. The van der Waals surface area contributed by atoms with Crippen LogP contribution in [0.3, 0.4) is 0 Å². The molecule has 0 aliphatic carbocycles. The van der Waals surface area contributed by atoms with Crippen molar-refractivity contribution in [3.05, 3.63) is 59.4 Å². The third-order valence-corrected chi connectivity index (χ3v) is 5.79. The van der Waals surface area contributed by atoms with Crippen LogP contribution < -0.4 is 5.32 Å². The van der Waals surface area contributed by atoms with Gasteiger partial charge in [0.25, 0.3) is 5.91 Å². The molecule has 34 heavy (non-hydrogen) atoms. The summed E-state index contributed by atoms with van der Waals surface area (Å²) in [5.74, 6) is 0.375. The van der Waals surface area contributed by atoms with E-state index in [0.717, 1.165) is 28.2 Å². The minimum Gasteiger partial charge on any atom is -0.460 e. The lowest BCUT2D eigenvalue weighted by atomic mass is 10.2. The summed E-state index contributed by atoms with van der Waals surface area (Å²) in [7, 11) is 0. The first kappa shape index (κ1) is 23.6. The molecule has 9 heteroatoms. The van der Waals surface area contributed by atoms with Crippen LogP contribution in [-0.4, -0.2) is 37.0 Å². The average molecular weight is 478 g/mol. The second kappa shape index (κ2) is 9.72. The van der Waals surface area contributed by atoms with E-state index in [9.17, 15) is 9.59 Å². The maximum absolute atomic E-state index is 12.8. The van der Waals surface area contributed by atoms with Gasteiger partial charge in [-0.2, -0.15) is 0 Å². The number of amides is 1. The topological polar surface area (TPSA) is 99.0 Å². The van der Waals surface area contributed by atoms with E-state index in [-0.39, 0.29) is 11.9 Å². The van der Waals surface area contributed by atoms with Crippen LogP contribution in [0.25, 0.3) is 22.4 Å². The van der Waals surface area contributed by atoms with Gasteiger partial charge in [-0.05, 0) is 64.4 Å². The van der Waals surface area contributed by atoms with Crippen molar-refractivity contribution in [3.63, 3.8) is 0 Å². The third kappa shape index (κ3) is 5.66. The molecule has 4 rings (SSSR count). The molecule has 0 atom stereocenters. The third-order valence-electron chi connectivity index (χ3n) is 5.04. The number of benzene rings is 1. The molecule has 8 nitrogen and oxygen atoms in total. The summed E-state index contributed by atoms with van der Waals surface area (Å²) in [6, 6.07) is 11.1. The number of hydrogen-bond donors (Lipinski definition) is 1. The Morgan fingerprint density at radius 3 is 2.68 bits per heavy atom.